The van der Waals surface area contributed by atoms with E-state index in [0.717, 1.165) is 16.8 Å². The molecule has 134 valence electrons. The van der Waals surface area contributed by atoms with E-state index >= 15 is 0 Å². The zero-order valence-electron chi connectivity index (χ0n) is 14.7. The van der Waals surface area contributed by atoms with Crippen LogP contribution in [0.1, 0.15) is 11.1 Å². The average Bonchev–Trinajstić information content (AvgIpc) is 2.69. The lowest BCUT2D eigenvalue weighted by atomic mass is 10.2. The molecule has 2 aromatic heterocycles. The molecule has 0 fully saturated rings. The number of rotatable bonds is 4. The summed E-state index contributed by atoms with van der Waals surface area (Å²) in [6, 6.07) is 17.2. The number of fused-ring (bicyclic) bond motifs is 1. The van der Waals surface area contributed by atoms with Gasteiger partial charge < -0.3 is 5.32 Å². The molecule has 0 spiro atoms. The van der Waals surface area contributed by atoms with Gasteiger partial charge in [0.15, 0.2) is 5.82 Å². The van der Waals surface area contributed by atoms with E-state index in [1.807, 2.05) is 49.4 Å². The maximum absolute atomic E-state index is 13.1. The van der Waals surface area contributed by atoms with Crippen LogP contribution in [0.4, 0.5) is 11.5 Å². The molecule has 0 saturated heterocycles. The van der Waals surface area contributed by atoms with Gasteiger partial charge in [0.05, 0.1) is 23.8 Å². The van der Waals surface area contributed by atoms with Crippen molar-refractivity contribution >= 4 is 34.1 Å². The lowest BCUT2D eigenvalue weighted by Crippen LogP contribution is -2.25. The van der Waals surface area contributed by atoms with Crippen molar-refractivity contribution in [3.8, 4) is 0 Å². The Hall–Kier alpha value is -3.18. The molecule has 0 radical (unpaired) electrons. The van der Waals surface area contributed by atoms with E-state index in [1.165, 1.54) is 0 Å². The molecule has 0 unspecified atom stereocenters. The third-order valence-electron chi connectivity index (χ3n) is 4.37. The molecule has 0 bridgehead atoms. The fourth-order valence-corrected chi connectivity index (χ4v) is 3.08. The summed E-state index contributed by atoms with van der Waals surface area (Å²) in [7, 11) is 0. The van der Waals surface area contributed by atoms with Crippen LogP contribution in [0.25, 0.3) is 11.0 Å². The Morgan fingerprint density at radius 1 is 1.11 bits per heavy atom. The summed E-state index contributed by atoms with van der Waals surface area (Å²) in [5.41, 5.74) is 3.90. The molecule has 4 aromatic rings. The summed E-state index contributed by atoms with van der Waals surface area (Å²) in [6.07, 6.45) is 3.33. The van der Waals surface area contributed by atoms with Gasteiger partial charge >= 0.3 is 0 Å². The van der Waals surface area contributed by atoms with Crippen molar-refractivity contribution in [3.63, 3.8) is 0 Å². The zero-order chi connectivity index (χ0) is 18.8. The average molecular weight is 377 g/mol. The smallest absolute Gasteiger partial charge is 0.294 e. The monoisotopic (exact) mass is 376 g/mol. The Morgan fingerprint density at radius 2 is 1.93 bits per heavy atom. The maximum Gasteiger partial charge on any atom is 0.294 e. The van der Waals surface area contributed by atoms with Gasteiger partial charge in [-0.25, -0.2) is 4.98 Å². The van der Waals surface area contributed by atoms with Gasteiger partial charge in [-0.15, -0.1) is 0 Å². The SMILES string of the molecule is Cc1ccc(Nc2nc3ccncc3n(Cc3ccccc3)c2=O)cc1Cl. The van der Waals surface area contributed by atoms with Crippen molar-refractivity contribution in [2.24, 2.45) is 0 Å². The number of benzene rings is 2. The molecule has 0 atom stereocenters. The Labute approximate surface area is 161 Å². The van der Waals surface area contributed by atoms with Crippen LogP contribution in [0.5, 0.6) is 0 Å². The van der Waals surface area contributed by atoms with E-state index in [4.69, 9.17) is 11.6 Å². The molecule has 4 rings (SSSR count). The van der Waals surface area contributed by atoms with Crippen molar-refractivity contribution in [2.45, 2.75) is 13.5 Å². The highest BCUT2D eigenvalue weighted by atomic mass is 35.5. The molecule has 0 saturated carbocycles. The van der Waals surface area contributed by atoms with Crippen LogP contribution >= 0.6 is 11.6 Å². The zero-order valence-corrected chi connectivity index (χ0v) is 15.4. The van der Waals surface area contributed by atoms with E-state index in [9.17, 15) is 4.79 Å². The van der Waals surface area contributed by atoms with Crippen molar-refractivity contribution in [1.82, 2.24) is 14.5 Å². The highest BCUT2D eigenvalue weighted by Gasteiger charge is 2.12. The summed E-state index contributed by atoms with van der Waals surface area (Å²) in [4.78, 5) is 21.8. The minimum absolute atomic E-state index is 0.212. The predicted molar refractivity (Wildman–Crippen MR) is 109 cm³/mol. The Kier molecular flexibility index (Phi) is 4.60. The van der Waals surface area contributed by atoms with Crippen LogP contribution in [0.3, 0.4) is 0 Å². The first-order valence-electron chi connectivity index (χ1n) is 8.53. The quantitative estimate of drug-likeness (QED) is 0.567. The number of hydrogen-bond donors (Lipinski definition) is 1. The minimum Gasteiger partial charge on any atom is -0.336 e. The summed E-state index contributed by atoms with van der Waals surface area (Å²) in [6.45, 7) is 2.37. The molecular formula is C21H17ClN4O. The van der Waals surface area contributed by atoms with Crippen molar-refractivity contribution < 1.29 is 0 Å². The third kappa shape index (κ3) is 3.55. The van der Waals surface area contributed by atoms with E-state index in [2.05, 4.69) is 15.3 Å². The topological polar surface area (TPSA) is 59.8 Å². The highest BCUT2D eigenvalue weighted by Crippen LogP contribution is 2.22. The molecule has 27 heavy (non-hydrogen) atoms. The molecule has 0 aliphatic carbocycles. The normalized spacial score (nSPS) is 10.9. The van der Waals surface area contributed by atoms with Crippen LogP contribution in [-0.4, -0.2) is 14.5 Å². The van der Waals surface area contributed by atoms with Crippen molar-refractivity contribution in [3.05, 3.63) is 93.5 Å². The standard InChI is InChI=1S/C21H17ClN4O/c1-14-7-8-16(11-17(14)22)24-20-21(27)26(13-15-5-3-2-4-6-15)19-12-23-10-9-18(19)25-20/h2-12H,13H2,1H3,(H,24,25). The number of nitrogens with zero attached hydrogens (tertiary/aromatic N) is 3. The summed E-state index contributed by atoms with van der Waals surface area (Å²) in [5.74, 6) is 0.254. The Bertz CT molecular complexity index is 1170. The molecule has 1 N–H and O–H groups in total. The van der Waals surface area contributed by atoms with Gasteiger partial charge in [-0.1, -0.05) is 48.0 Å². The Morgan fingerprint density at radius 3 is 2.70 bits per heavy atom. The molecular weight excluding hydrogens is 360 g/mol. The van der Waals surface area contributed by atoms with E-state index in [0.29, 0.717) is 22.6 Å². The molecule has 6 heteroatoms. The first-order chi connectivity index (χ1) is 13.1. The van der Waals surface area contributed by atoms with Crippen LogP contribution in [0.15, 0.2) is 71.8 Å². The molecule has 2 heterocycles. The summed E-state index contributed by atoms with van der Waals surface area (Å²) >= 11 is 6.20. The molecule has 0 amide bonds. The van der Waals surface area contributed by atoms with Gasteiger partial charge in [0.1, 0.15) is 0 Å². The lowest BCUT2D eigenvalue weighted by Gasteiger charge is -2.13. The third-order valence-corrected chi connectivity index (χ3v) is 4.77. The fraction of sp³-hybridized carbons (Fsp3) is 0.0952. The summed E-state index contributed by atoms with van der Waals surface area (Å²) in [5, 5.41) is 3.74. The van der Waals surface area contributed by atoms with Gasteiger partial charge in [0, 0.05) is 16.9 Å². The number of aryl methyl sites for hydroxylation is 1. The number of hydrogen-bond acceptors (Lipinski definition) is 4. The Balaban J connectivity index is 1.82. The highest BCUT2D eigenvalue weighted by molar-refractivity contribution is 6.31. The van der Waals surface area contributed by atoms with Gasteiger partial charge in [-0.3, -0.25) is 14.3 Å². The van der Waals surface area contributed by atoms with Gasteiger partial charge in [-0.05, 0) is 36.2 Å². The maximum atomic E-state index is 13.1. The first-order valence-corrected chi connectivity index (χ1v) is 8.91. The van der Waals surface area contributed by atoms with Crippen molar-refractivity contribution in [2.75, 3.05) is 5.32 Å². The second-order valence-electron chi connectivity index (χ2n) is 6.29. The minimum atomic E-state index is -0.212. The van der Waals surface area contributed by atoms with E-state index in [1.54, 1.807) is 29.1 Å². The van der Waals surface area contributed by atoms with Crippen LogP contribution in [0.2, 0.25) is 5.02 Å². The number of pyridine rings is 1. The van der Waals surface area contributed by atoms with Crippen LogP contribution < -0.4 is 10.9 Å². The predicted octanol–water partition coefficient (Wildman–Crippen LogP) is 4.55. The van der Waals surface area contributed by atoms with E-state index in [-0.39, 0.29) is 11.4 Å². The first kappa shape index (κ1) is 17.2. The van der Waals surface area contributed by atoms with Gasteiger partial charge in [-0.2, -0.15) is 0 Å². The van der Waals surface area contributed by atoms with Gasteiger partial charge in [0.25, 0.3) is 5.56 Å². The number of nitrogens with one attached hydrogen (secondary N) is 1. The lowest BCUT2D eigenvalue weighted by molar-refractivity contribution is 0.788. The number of anilines is 2. The van der Waals surface area contributed by atoms with Crippen molar-refractivity contribution in [1.29, 1.82) is 0 Å². The largest absolute Gasteiger partial charge is 0.336 e. The van der Waals surface area contributed by atoms with Gasteiger partial charge in [0.2, 0.25) is 0 Å². The number of halogens is 1. The van der Waals surface area contributed by atoms with E-state index < -0.39 is 0 Å². The van der Waals surface area contributed by atoms with Crippen LogP contribution in [-0.2, 0) is 6.54 Å². The number of aromatic nitrogens is 3. The second kappa shape index (κ2) is 7.21. The molecule has 0 aliphatic rings. The molecule has 0 aliphatic heterocycles. The second-order valence-corrected chi connectivity index (χ2v) is 6.70. The molecule has 2 aromatic carbocycles. The summed E-state index contributed by atoms with van der Waals surface area (Å²) < 4.78 is 1.68. The molecule has 5 nitrogen and oxygen atoms in total. The van der Waals surface area contributed by atoms with Crippen LogP contribution in [0, 0.1) is 6.92 Å². The fourth-order valence-electron chi connectivity index (χ4n) is 2.90.